The summed E-state index contributed by atoms with van der Waals surface area (Å²) in [5.74, 6) is -4.61. The van der Waals surface area contributed by atoms with Crippen molar-refractivity contribution in [2.24, 2.45) is 12.5 Å². The van der Waals surface area contributed by atoms with Crippen molar-refractivity contribution in [3.63, 3.8) is 0 Å². The van der Waals surface area contributed by atoms with Crippen molar-refractivity contribution >= 4 is 23.3 Å². The number of ketones is 1. The number of nitrogens with zero attached hydrogens (tertiary/aromatic N) is 1. The quantitative estimate of drug-likeness (QED) is 0.554. The third-order valence-corrected chi connectivity index (χ3v) is 4.45. The molecule has 9 heteroatoms. The molecule has 0 aliphatic heterocycles. The van der Waals surface area contributed by atoms with Crippen LogP contribution >= 0.6 is 0 Å². The van der Waals surface area contributed by atoms with E-state index < -0.39 is 29.2 Å². The molecule has 0 aliphatic rings. The molecule has 0 unspecified atom stereocenters. The van der Waals surface area contributed by atoms with Crippen molar-refractivity contribution in [2.45, 2.75) is 27.7 Å². The number of halogens is 2. The molecule has 0 radical (unpaired) electrons. The minimum absolute atomic E-state index is 0.0108. The second-order valence-electron chi connectivity index (χ2n) is 8.06. The first-order chi connectivity index (χ1) is 13.9. The molecule has 1 aromatic heterocycles. The monoisotopic (exact) mass is 421 g/mol. The first-order valence-corrected chi connectivity index (χ1v) is 9.19. The molecule has 162 valence electrons. The van der Waals surface area contributed by atoms with E-state index in [9.17, 15) is 23.2 Å². The van der Waals surface area contributed by atoms with Crippen molar-refractivity contribution in [1.29, 1.82) is 0 Å². The van der Waals surface area contributed by atoms with E-state index in [4.69, 9.17) is 4.74 Å². The highest BCUT2D eigenvalue weighted by Crippen LogP contribution is 2.31. The molecule has 2 rings (SSSR count). The summed E-state index contributed by atoms with van der Waals surface area (Å²) in [5, 5.41) is 5.02. The lowest BCUT2D eigenvalue weighted by Gasteiger charge is -2.18. The zero-order valence-electron chi connectivity index (χ0n) is 17.8. The van der Waals surface area contributed by atoms with Gasteiger partial charge in [-0.2, -0.15) is 0 Å². The summed E-state index contributed by atoms with van der Waals surface area (Å²) < 4.78 is 33.2. The van der Waals surface area contributed by atoms with Crippen LogP contribution in [0.25, 0.3) is 0 Å². The molecule has 0 aliphatic carbocycles. The Morgan fingerprint density at radius 2 is 1.77 bits per heavy atom. The number of hydrogen-bond donors (Lipinski definition) is 2. The number of rotatable bonds is 6. The highest BCUT2D eigenvalue weighted by Gasteiger charge is 2.32. The summed E-state index contributed by atoms with van der Waals surface area (Å²) in [6.45, 7) is 7.59. The number of carbonyl (C=O) groups excluding carboxylic acids is 3. The van der Waals surface area contributed by atoms with Gasteiger partial charge >= 0.3 is 0 Å². The van der Waals surface area contributed by atoms with Crippen molar-refractivity contribution in [2.75, 3.05) is 19.0 Å². The Balaban J connectivity index is 2.38. The highest BCUT2D eigenvalue weighted by atomic mass is 19.2. The van der Waals surface area contributed by atoms with Crippen LogP contribution in [0.1, 0.15) is 47.3 Å². The van der Waals surface area contributed by atoms with Crippen LogP contribution in [0.5, 0.6) is 5.75 Å². The van der Waals surface area contributed by atoms with Crippen LogP contribution in [0.4, 0.5) is 14.5 Å². The Morgan fingerprint density at radius 3 is 2.30 bits per heavy atom. The predicted molar refractivity (Wildman–Crippen MR) is 108 cm³/mol. The SMILES string of the molecule is COc1c(C(=O)Nc2ccc(F)c(F)c2)c(C)n(C)c1C(=O)C(=O)NCC(C)(C)C. The minimum Gasteiger partial charge on any atom is -0.493 e. The van der Waals surface area contributed by atoms with Crippen molar-refractivity contribution in [3.8, 4) is 5.75 Å². The lowest BCUT2D eigenvalue weighted by molar-refractivity contribution is -0.117. The molecule has 0 saturated carbocycles. The van der Waals surface area contributed by atoms with E-state index in [1.165, 1.54) is 24.8 Å². The van der Waals surface area contributed by atoms with Gasteiger partial charge in [-0.3, -0.25) is 14.4 Å². The van der Waals surface area contributed by atoms with Crippen LogP contribution in [0, 0.1) is 24.0 Å². The van der Waals surface area contributed by atoms with Crippen molar-refractivity contribution in [1.82, 2.24) is 9.88 Å². The van der Waals surface area contributed by atoms with Gasteiger partial charge in [-0.25, -0.2) is 8.78 Å². The first-order valence-electron chi connectivity index (χ1n) is 9.19. The van der Waals surface area contributed by atoms with Gasteiger partial charge in [0, 0.05) is 31.0 Å². The number of nitrogens with one attached hydrogen (secondary N) is 2. The molecule has 0 fully saturated rings. The fraction of sp³-hybridized carbons (Fsp3) is 0.381. The molecule has 30 heavy (non-hydrogen) atoms. The molecule has 1 heterocycles. The Bertz CT molecular complexity index is 1010. The maximum atomic E-state index is 13.4. The van der Waals surface area contributed by atoms with E-state index in [-0.39, 0.29) is 34.7 Å². The van der Waals surface area contributed by atoms with Crippen LogP contribution in [0.3, 0.4) is 0 Å². The average molecular weight is 421 g/mol. The molecule has 2 amide bonds. The van der Waals surface area contributed by atoms with E-state index >= 15 is 0 Å². The van der Waals surface area contributed by atoms with Crippen LogP contribution < -0.4 is 15.4 Å². The first kappa shape index (κ1) is 23.1. The summed E-state index contributed by atoms with van der Waals surface area (Å²) in [4.78, 5) is 37.9. The predicted octanol–water partition coefficient (Wildman–Crippen LogP) is 3.22. The van der Waals surface area contributed by atoms with Gasteiger partial charge in [-0.05, 0) is 24.5 Å². The maximum Gasteiger partial charge on any atom is 0.294 e. The van der Waals surface area contributed by atoms with Gasteiger partial charge in [0.15, 0.2) is 17.4 Å². The molecule has 1 aromatic carbocycles. The standard InChI is InChI=1S/C21H25F2N3O4/c1-11-15(19(28)25-12-7-8-13(22)14(23)9-12)18(30-6)16(26(11)5)17(27)20(29)24-10-21(2,3)4/h7-9H,10H2,1-6H3,(H,24,29)(H,25,28). The Kier molecular flexibility index (Phi) is 6.64. The molecule has 7 nitrogen and oxygen atoms in total. The third-order valence-electron chi connectivity index (χ3n) is 4.45. The largest absolute Gasteiger partial charge is 0.493 e. The fourth-order valence-corrected chi connectivity index (χ4v) is 2.79. The fourth-order valence-electron chi connectivity index (χ4n) is 2.79. The van der Waals surface area contributed by atoms with E-state index in [0.29, 0.717) is 5.69 Å². The summed E-state index contributed by atoms with van der Waals surface area (Å²) in [7, 11) is 2.80. The van der Waals surface area contributed by atoms with Crippen LogP contribution in [-0.4, -0.2) is 35.8 Å². The molecular formula is C21H25F2N3O4. The lowest BCUT2D eigenvalue weighted by atomic mass is 9.97. The topological polar surface area (TPSA) is 89.4 Å². The molecule has 2 aromatic rings. The Labute approximate surface area is 173 Å². The maximum absolute atomic E-state index is 13.4. The normalized spacial score (nSPS) is 11.2. The molecular weight excluding hydrogens is 396 g/mol. The number of benzene rings is 1. The molecule has 0 bridgehead atoms. The smallest absolute Gasteiger partial charge is 0.294 e. The Hall–Kier alpha value is -3.23. The van der Waals surface area contributed by atoms with Crippen LogP contribution in [0.15, 0.2) is 18.2 Å². The third kappa shape index (κ3) is 4.84. The van der Waals surface area contributed by atoms with Crippen molar-refractivity contribution in [3.05, 3.63) is 46.8 Å². The lowest BCUT2D eigenvalue weighted by Crippen LogP contribution is -2.37. The number of aromatic nitrogens is 1. The zero-order valence-corrected chi connectivity index (χ0v) is 17.8. The second-order valence-corrected chi connectivity index (χ2v) is 8.06. The van der Waals surface area contributed by atoms with E-state index in [1.807, 2.05) is 20.8 Å². The summed E-state index contributed by atoms with van der Waals surface area (Å²) >= 11 is 0. The highest BCUT2D eigenvalue weighted by molar-refractivity contribution is 6.43. The zero-order chi connectivity index (χ0) is 22.8. The minimum atomic E-state index is -1.11. The van der Waals surface area contributed by atoms with Gasteiger partial charge in [0.2, 0.25) is 0 Å². The number of amides is 2. The van der Waals surface area contributed by atoms with Gasteiger partial charge in [0.1, 0.15) is 11.3 Å². The van der Waals surface area contributed by atoms with Gasteiger partial charge in [-0.1, -0.05) is 20.8 Å². The van der Waals surface area contributed by atoms with E-state index in [1.54, 1.807) is 6.92 Å². The van der Waals surface area contributed by atoms with Crippen LogP contribution in [-0.2, 0) is 11.8 Å². The summed E-state index contributed by atoms with van der Waals surface area (Å²) in [5.41, 5.74) is 0.0899. The van der Waals surface area contributed by atoms with E-state index in [0.717, 1.165) is 12.1 Å². The summed E-state index contributed by atoms with van der Waals surface area (Å²) in [6.07, 6.45) is 0. The number of anilines is 1. The Morgan fingerprint density at radius 1 is 1.13 bits per heavy atom. The van der Waals surface area contributed by atoms with E-state index in [2.05, 4.69) is 10.6 Å². The number of hydrogen-bond acceptors (Lipinski definition) is 4. The average Bonchev–Trinajstić information content (AvgIpc) is 2.92. The van der Waals surface area contributed by atoms with Gasteiger partial charge < -0.3 is 19.9 Å². The second kappa shape index (κ2) is 8.64. The van der Waals surface area contributed by atoms with Crippen LogP contribution in [0.2, 0.25) is 0 Å². The van der Waals surface area contributed by atoms with Gasteiger partial charge in [-0.15, -0.1) is 0 Å². The summed E-state index contributed by atoms with van der Waals surface area (Å²) in [6, 6.07) is 2.92. The number of ether oxygens (including phenoxy) is 1. The molecule has 0 saturated heterocycles. The molecule has 2 N–H and O–H groups in total. The molecule has 0 spiro atoms. The van der Waals surface area contributed by atoms with Gasteiger partial charge in [0.05, 0.1) is 7.11 Å². The van der Waals surface area contributed by atoms with Gasteiger partial charge in [0.25, 0.3) is 17.6 Å². The number of Topliss-reactive ketones (excluding diaryl/α,β-unsaturated/α-hetero) is 1. The number of methoxy groups -OCH3 is 1. The molecule has 0 atom stereocenters. The number of carbonyl (C=O) groups is 3. The van der Waals surface area contributed by atoms with Crippen molar-refractivity contribution < 1.29 is 27.9 Å².